The lowest BCUT2D eigenvalue weighted by Crippen LogP contribution is -2.56. The predicted molar refractivity (Wildman–Crippen MR) is 73.5 cm³/mol. The normalized spacial score (nSPS) is 26.2. The molecule has 0 aromatic carbocycles. The standard InChI is InChI=1S/C15H21NO4/c1-3-11-4-6-15(7-5-11,14(18)19)16-13(17)12-8-10(2)20-9-12/h8-9,11H,3-7H2,1-2H3,(H,16,17)(H,18,19). The molecule has 1 heterocycles. The molecule has 110 valence electrons. The van der Waals surface area contributed by atoms with Crippen LogP contribution >= 0.6 is 0 Å². The van der Waals surface area contributed by atoms with Gasteiger partial charge in [-0.3, -0.25) is 4.79 Å². The maximum Gasteiger partial charge on any atom is 0.329 e. The fourth-order valence-corrected chi connectivity index (χ4v) is 2.82. The van der Waals surface area contributed by atoms with E-state index >= 15 is 0 Å². The zero-order chi connectivity index (χ0) is 14.8. The molecule has 1 aromatic rings. The quantitative estimate of drug-likeness (QED) is 0.888. The molecule has 1 amide bonds. The minimum absolute atomic E-state index is 0.376. The fraction of sp³-hybridized carbons (Fsp3) is 0.600. The molecule has 0 unspecified atom stereocenters. The number of carbonyl (C=O) groups is 2. The van der Waals surface area contributed by atoms with Gasteiger partial charge in [-0.25, -0.2) is 4.79 Å². The first-order valence-electron chi connectivity index (χ1n) is 7.08. The van der Waals surface area contributed by atoms with Gasteiger partial charge in [0.05, 0.1) is 5.56 Å². The summed E-state index contributed by atoms with van der Waals surface area (Å²) in [6, 6.07) is 1.61. The Bertz CT molecular complexity index is 498. The minimum atomic E-state index is -1.13. The van der Waals surface area contributed by atoms with E-state index in [4.69, 9.17) is 4.42 Å². The Balaban J connectivity index is 2.10. The summed E-state index contributed by atoms with van der Waals surface area (Å²) in [5.74, 6) is -0.121. The Hall–Kier alpha value is -1.78. The molecule has 2 N–H and O–H groups in total. The summed E-state index contributed by atoms with van der Waals surface area (Å²) in [6.07, 6.45) is 5.08. The van der Waals surface area contributed by atoms with E-state index in [9.17, 15) is 14.7 Å². The van der Waals surface area contributed by atoms with Crippen LogP contribution in [0.3, 0.4) is 0 Å². The molecule has 2 rings (SSSR count). The van der Waals surface area contributed by atoms with Gasteiger partial charge in [0.15, 0.2) is 0 Å². The molecule has 1 aliphatic carbocycles. The lowest BCUT2D eigenvalue weighted by atomic mass is 9.75. The third-order valence-electron chi connectivity index (χ3n) is 4.29. The summed E-state index contributed by atoms with van der Waals surface area (Å²) >= 11 is 0. The van der Waals surface area contributed by atoms with Gasteiger partial charge in [0.25, 0.3) is 5.91 Å². The first kappa shape index (κ1) is 14.6. The molecule has 0 radical (unpaired) electrons. The first-order chi connectivity index (χ1) is 9.47. The van der Waals surface area contributed by atoms with E-state index in [-0.39, 0.29) is 5.91 Å². The summed E-state index contributed by atoms with van der Waals surface area (Å²) in [5, 5.41) is 12.2. The number of aryl methyl sites for hydroxylation is 1. The van der Waals surface area contributed by atoms with Crippen molar-refractivity contribution < 1.29 is 19.1 Å². The van der Waals surface area contributed by atoms with Crippen molar-refractivity contribution in [1.82, 2.24) is 5.32 Å². The second kappa shape index (κ2) is 5.69. The molecule has 5 nitrogen and oxygen atoms in total. The Morgan fingerprint density at radius 2 is 2.10 bits per heavy atom. The van der Waals surface area contributed by atoms with Crippen molar-refractivity contribution in [2.75, 3.05) is 0 Å². The average Bonchev–Trinajstić information content (AvgIpc) is 2.86. The summed E-state index contributed by atoms with van der Waals surface area (Å²) in [5.41, 5.74) is -0.755. The van der Waals surface area contributed by atoms with Gasteiger partial charge in [0, 0.05) is 0 Å². The third kappa shape index (κ3) is 2.86. The van der Waals surface area contributed by atoms with E-state index in [1.54, 1.807) is 13.0 Å². The Morgan fingerprint density at radius 1 is 1.45 bits per heavy atom. The number of carbonyl (C=O) groups excluding carboxylic acids is 1. The van der Waals surface area contributed by atoms with Gasteiger partial charge in [-0.1, -0.05) is 13.3 Å². The highest BCUT2D eigenvalue weighted by Crippen LogP contribution is 2.34. The molecule has 1 aliphatic rings. The Kier molecular flexibility index (Phi) is 4.16. The van der Waals surface area contributed by atoms with Crippen LogP contribution in [0.15, 0.2) is 16.7 Å². The Morgan fingerprint density at radius 3 is 2.55 bits per heavy atom. The van der Waals surface area contributed by atoms with Gasteiger partial charge in [-0.2, -0.15) is 0 Å². The summed E-state index contributed by atoms with van der Waals surface area (Å²) in [6.45, 7) is 3.86. The van der Waals surface area contributed by atoms with Crippen LogP contribution in [0, 0.1) is 12.8 Å². The lowest BCUT2D eigenvalue weighted by Gasteiger charge is -2.37. The first-order valence-corrected chi connectivity index (χ1v) is 7.08. The number of hydrogen-bond donors (Lipinski definition) is 2. The molecule has 0 aliphatic heterocycles. The smallest absolute Gasteiger partial charge is 0.329 e. The molecule has 1 saturated carbocycles. The van der Waals surface area contributed by atoms with Crippen LogP contribution in [0.25, 0.3) is 0 Å². The Labute approximate surface area is 118 Å². The van der Waals surface area contributed by atoms with Gasteiger partial charge >= 0.3 is 5.97 Å². The van der Waals surface area contributed by atoms with E-state index in [1.165, 1.54) is 6.26 Å². The lowest BCUT2D eigenvalue weighted by molar-refractivity contribution is -0.146. The van der Waals surface area contributed by atoms with Crippen LogP contribution < -0.4 is 5.32 Å². The number of furan rings is 1. The highest BCUT2D eigenvalue weighted by molar-refractivity contribution is 5.97. The number of amides is 1. The summed E-state index contributed by atoms with van der Waals surface area (Å²) in [4.78, 5) is 23.8. The average molecular weight is 279 g/mol. The molecular formula is C15H21NO4. The monoisotopic (exact) mass is 279 g/mol. The van der Waals surface area contributed by atoms with Crippen molar-refractivity contribution in [3.8, 4) is 0 Å². The molecule has 20 heavy (non-hydrogen) atoms. The van der Waals surface area contributed by atoms with Crippen LogP contribution in [0.2, 0.25) is 0 Å². The number of hydrogen-bond acceptors (Lipinski definition) is 3. The van der Waals surface area contributed by atoms with E-state index in [0.717, 1.165) is 19.3 Å². The van der Waals surface area contributed by atoms with Crippen LogP contribution in [0.4, 0.5) is 0 Å². The van der Waals surface area contributed by atoms with Crippen LogP contribution in [-0.4, -0.2) is 22.5 Å². The van der Waals surface area contributed by atoms with Crippen molar-refractivity contribution >= 4 is 11.9 Å². The molecule has 0 saturated heterocycles. The van der Waals surface area contributed by atoms with Crippen molar-refractivity contribution in [1.29, 1.82) is 0 Å². The second-order valence-corrected chi connectivity index (χ2v) is 5.64. The van der Waals surface area contributed by atoms with Gasteiger partial charge in [-0.15, -0.1) is 0 Å². The maximum atomic E-state index is 12.2. The van der Waals surface area contributed by atoms with Crippen molar-refractivity contribution in [3.05, 3.63) is 23.7 Å². The van der Waals surface area contributed by atoms with Crippen LogP contribution in [0.5, 0.6) is 0 Å². The molecule has 0 bridgehead atoms. The molecule has 1 aromatic heterocycles. The number of carboxylic acid groups (broad SMARTS) is 1. The van der Waals surface area contributed by atoms with E-state index in [2.05, 4.69) is 12.2 Å². The van der Waals surface area contributed by atoms with Gasteiger partial charge in [-0.05, 0) is 44.6 Å². The number of rotatable bonds is 4. The van der Waals surface area contributed by atoms with E-state index < -0.39 is 11.5 Å². The largest absolute Gasteiger partial charge is 0.480 e. The van der Waals surface area contributed by atoms with Crippen LogP contribution in [-0.2, 0) is 4.79 Å². The fourth-order valence-electron chi connectivity index (χ4n) is 2.82. The number of carboxylic acids is 1. The highest BCUT2D eigenvalue weighted by atomic mass is 16.4. The maximum absolute atomic E-state index is 12.2. The summed E-state index contributed by atoms with van der Waals surface area (Å²) in [7, 11) is 0. The predicted octanol–water partition coefficient (Wildman–Crippen LogP) is 2.74. The van der Waals surface area contributed by atoms with Crippen molar-refractivity contribution in [2.24, 2.45) is 5.92 Å². The van der Waals surface area contributed by atoms with Crippen molar-refractivity contribution in [3.63, 3.8) is 0 Å². The molecule has 0 spiro atoms. The molecular weight excluding hydrogens is 258 g/mol. The summed E-state index contributed by atoms with van der Waals surface area (Å²) < 4.78 is 5.09. The van der Waals surface area contributed by atoms with E-state index in [0.29, 0.717) is 30.1 Å². The number of aliphatic carboxylic acids is 1. The SMILES string of the molecule is CCC1CCC(NC(=O)c2coc(C)c2)(C(=O)O)CC1. The minimum Gasteiger partial charge on any atom is -0.480 e. The zero-order valence-electron chi connectivity index (χ0n) is 11.9. The topological polar surface area (TPSA) is 79.5 Å². The van der Waals surface area contributed by atoms with Crippen LogP contribution in [0.1, 0.15) is 55.1 Å². The second-order valence-electron chi connectivity index (χ2n) is 5.64. The number of nitrogens with one attached hydrogen (secondary N) is 1. The van der Waals surface area contributed by atoms with Gasteiger partial charge in [0.2, 0.25) is 0 Å². The van der Waals surface area contributed by atoms with Gasteiger partial charge < -0.3 is 14.8 Å². The molecule has 1 fully saturated rings. The zero-order valence-corrected chi connectivity index (χ0v) is 11.9. The van der Waals surface area contributed by atoms with E-state index in [1.807, 2.05) is 0 Å². The third-order valence-corrected chi connectivity index (χ3v) is 4.29. The van der Waals surface area contributed by atoms with Crippen molar-refractivity contribution in [2.45, 2.75) is 51.5 Å². The highest BCUT2D eigenvalue weighted by Gasteiger charge is 2.43. The van der Waals surface area contributed by atoms with Gasteiger partial charge in [0.1, 0.15) is 17.6 Å². The molecule has 5 heteroatoms. The molecule has 0 atom stereocenters.